The van der Waals surface area contributed by atoms with Crippen LogP contribution >= 0.6 is 0 Å². The molecule has 228 valence electrons. The maximum absolute atomic E-state index is 13.6. The first-order chi connectivity index (χ1) is 20.6. The number of carbonyl (C=O) groups is 4. The zero-order valence-electron chi connectivity index (χ0n) is 24.2. The lowest BCUT2D eigenvalue weighted by molar-refractivity contribution is -0.159. The van der Waals surface area contributed by atoms with Crippen LogP contribution in [0.1, 0.15) is 39.1 Å². The van der Waals surface area contributed by atoms with Crippen molar-refractivity contribution in [2.24, 2.45) is 5.92 Å². The fraction of sp³-hybridized carbons (Fsp3) is 0.312. The van der Waals surface area contributed by atoms with E-state index in [4.69, 9.17) is 24.5 Å². The van der Waals surface area contributed by atoms with Crippen LogP contribution in [-0.4, -0.2) is 79.1 Å². The standard InChI is InChI=1S/C30H34FN3O3.C2H2O4/c1-32-21-22-7-9-25(10-8-22)30(36)34(27-5-3-4-6-28(27)37-2)20-19-33-17-15-24(16-18-33)29(35)23-11-13-26(31)14-12-23;3-1(4)2(5)6/h3-14,24,32H,15-21H2,1-2H3;(H,3,4)(H,5,6). The van der Waals surface area contributed by atoms with Gasteiger partial charge in [0.1, 0.15) is 11.6 Å². The molecule has 1 aliphatic rings. The van der Waals surface area contributed by atoms with Gasteiger partial charge in [-0.25, -0.2) is 14.0 Å². The van der Waals surface area contributed by atoms with Crippen LogP contribution in [0.5, 0.6) is 5.75 Å². The SMILES string of the molecule is CNCc1ccc(C(=O)N(CCN2CCC(C(=O)c3ccc(F)cc3)CC2)c2ccccc2OC)cc1.O=C(O)C(=O)O. The molecule has 1 amide bonds. The Bertz CT molecular complexity index is 1380. The third-order valence-electron chi connectivity index (χ3n) is 7.11. The van der Waals surface area contributed by atoms with Gasteiger partial charge in [0.25, 0.3) is 5.91 Å². The number of ketones is 1. The first-order valence-corrected chi connectivity index (χ1v) is 13.8. The Morgan fingerprint density at radius 3 is 2.05 bits per heavy atom. The number of anilines is 1. The molecule has 1 fully saturated rings. The Kier molecular flexibility index (Phi) is 12.3. The number of carboxylic acid groups (broad SMARTS) is 2. The summed E-state index contributed by atoms with van der Waals surface area (Å²) < 4.78 is 18.8. The van der Waals surface area contributed by atoms with Crippen molar-refractivity contribution in [1.29, 1.82) is 0 Å². The molecule has 1 saturated heterocycles. The summed E-state index contributed by atoms with van der Waals surface area (Å²) in [6.07, 6.45) is 1.48. The van der Waals surface area contributed by atoms with E-state index in [9.17, 15) is 14.0 Å². The minimum Gasteiger partial charge on any atom is -0.495 e. The van der Waals surface area contributed by atoms with Crippen molar-refractivity contribution in [2.75, 3.05) is 45.2 Å². The number of para-hydroxylation sites is 2. The molecule has 0 aromatic heterocycles. The molecule has 3 aromatic rings. The molecule has 3 aromatic carbocycles. The summed E-state index contributed by atoms with van der Waals surface area (Å²) in [5.74, 6) is -3.41. The Balaban J connectivity index is 0.000000765. The van der Waals surface area contributed by atoms with Crippen molar-refractivity contribution in [3.05, 3.63) is 95.3 Å². The molecule has 1 aliphatic heterocycles. The number of carbonyl (C=O) groups excluding carboxylic acids is 2. The Hall–Kier alpha value is -4.61. The van der Waals surface area contributed by atoms with E-state index in [1.165, 1.54) is 12.1 Å². The molecular formula is C32H36FN3O7. The molecule has 0 radical (unpaired) electrons. The summed E-state index contributed by atoms with van der Waals surface area (Å²) in [5.41, 5.74) is 3.03. The van der Waals surface area contributed by atoms with Crippen LogP contribution < -0.4 is 15.0 Å². The lowest BCUT2D eigenvalue weighted by atomic mass is 9.89. The van der Waals surface area contributed by atoms with Crippen LogP contribution in [0.3, 0.4) is 0 Å². The maximum Gasteiger partial charge on any atom is 0.414 e. The Labute approximate surface area is 249 Å². The van der Waals surface area contributed by atoms with Crippen LogP contribution in [-0.2, 0) is 16.1 Å². The van der Waals surface area contributed by atoms with E-state index in [1.54, 1.807) is 24.1 Å². The quantitative estimate of drug-likeness (QED) is 0.236. The van der Waals surface area contributed by atoms with Crippen molar-refractivity contribution < 1.29 is 38.5 Å². The number of benzene rings is 3. The highest BCUT2D eigenvalue weighted by atomic mass is 19.1. The lowest BCUT2D eigenvalue weighted by Gasteiger charge is -2.33. The average Bonchev–Trinajstić information content (AvgIpc) is 3.02. The van der Waals surface area contributed by atoms with Gasteiger partial charge in [-0.1, -0.05) is 24.3 Å². The number of hydrogen-bond acceptors (Lipinski definition) is 7. The van der Waals surface area contributed by atoms with Crippen molar-refractivity contribution >= 4 is 29.3 Å². The van der Waals surface area contributed by atoms with Crippen molar-refractivity contribution in [1.82, 2.24) is 10.2 Å². The first-order valence-electron chi connectivity index (χ1n) is 13.8. The molecule has 0 saturated carbocycles. The third-order valence-corrected chi connectivity index (χ3v) is 7.11. The third kappa shape index (κ3) is 9.45. The summed E-state index contributed by atoms with van der Waals surface area (Å²) in [4.78, 5) is 48.8. The summed E-state index contributed by atoms with van der Waals surface area (Å²) >= 11 is 0. The number of piperidine rings is 1. The number of methoxy groups -OCH3 is 1. The molecule has 1 heterocycles. The number of aliphatic carboxylic acids is 2. The number of carboxylic acids is 2. The van der Waals surface area contributed by atoms with E-state index in [2.05, 4.69) is 10.2 Å². The fourth-order valence-corrected chi connectivity index (χ4v) is 4.82. The molecule has 11 heteroatoms. The highest BCUT2D eigenvalue weighted by molar-refractivity contribution is 6.27. The van der Waals surface area contributed by atoms with Crippen molar-refractivity contribution in [3.63, 3.8) is 0 Å². The number of ether oxygens (including phenoxy) is 1. The monoisotopic (exact) mass is 593 g/mol. The van der Waals surface area contributed by atoms with E-state index in [-0.39, 0.29) is 23.4 Å². The molecule has 10 nitrogen and oxygen atoms in total. The summed E-state index contributed by atoms with van der Waals surface area (Å²) in [5, 5.41) is 17.9. The van der Waals surface area contributed by atoms with Gasteiger partial charge >= 0.3 is 11.9 Å². The minimum absolute atomic E-state index is 0.0650. The molecule has 0 atom stereocenters. The van der Waals surface area contributed by atoms with Crippen LogP contribution in [0.4, 0.5) is 10.1 Å². The normalized spacial score (nSPS) is 13.4. The summed E-state index contributed by atoms with van der Waals surface area (Å²) in [7, 11) is 3.50. The van der Waals surface area contributed by atoms with Crippen molar-refractivity contribution in [2.45, 2.75) is 19.4 Å². The van der Waals surface area contributed by atoms with Crippen molar-refractivity contribution in [3.8, 4) is 5.75 Å². The highest BCUT2D eigenvalue weighted by Gasteiger charge is 2.27. The zero-order valence-corrected chi connectivity index (χ0v) is 24.2. The predicted octanol–water partition coefficient (Wildman–Crippen LogP) is 3.95. The second-order valence-corrected chi connectivity index (χ2v) is 9.95. The fourth-order valence-electron chi connectivity index (χ4n) is 4.82. The second-order valence-electron chi connectivity index (χ2n) is 9.95. The minimum atomic E-state index is -1.82. The predicted molar refractivity (Wildman–Crippen MR) is 159 cm³/mol. The largest absolute Gasteiger partial charge is 0.495 e. The summed E-state index contributed by atoms with van der Waals surface area (Å²) in [6, 6.07) is 21.0. The number of likely N-dealkylation sites (tertiary alicyclic amines) is 1. The lowest BCUT2D eigenvalue weighted by Crippen LogP contribution is -2.43. The number of nitrogens with one attached hydrogen (secondary N) is 1. The van der Waals surface area contributed by atoms with E-state index in [1.807, 2.05) is 55.6 Å². The first kappa shape index (κ1) is 32.9. The highest BCUT2D eigenvalue weighted by Crippen LogP contribution is 2.29. The zero-order chi connectivity index (χ0) is 31.4. The number of Topliss-reactive ketones (excluding diaryl/α,β-unsaturated/α-hetero) is 1. The van der Waals surface area contributed by atoms with Gasteiger partial charge in [0, 0.05) is 36.7 Å². The van der Waals surface area contributed by atoms with E-state index >= 15 is 0 Å². The summed E-state index contributed by atoms with van der Waals surface area (Å²) in [6.45, 7) is 3.45. The van der Waals surface area contributed by atoms with Gasteiger partial charge < -0.3 is 30.1 Å². The molecule has 4 rings (SSSR count). The van der Waals surface area contributed by atoms with Gasteiger partial charge in [0.2, 0.25) is 0 Å². The van der Waals surface area contributed by atoms with Gasteiger partial charge in [-0.2, -0.15) is 0 Å². The number of nitrogens with zero attached hydrogens (tertiary/aromatic N) is 2. The van der Waals surface area contributed by atoms with E-state index in [0.717, 1.165) is 43.7 Å². The molecule has 3 N–H and O–H groups in total. The topological polar surface area (TPSA) is 136 Å². The van der Waals surface area contributed by atoms with Gasteiger partial charge in [-0.3, -0.25) is 9.59 Å². The molecular weight excluding hydrogens is 557 g/mol. The Morgan fingerprint density at radius 2 is 1.49 bits per heavy atom. The number of hydrogen-bond donors (Lipinski definition) is 3. The van der Waals surface area contributed by atoms with Gasteiger partial charge in [0.15, 0.2) is 5.78 Å². The van der Waals surface area contributed by atoms with Crippen LogP contribution in [0, 0.1) is 11.7 Å². The molecule has 0 spiro atoms. The molecule has 0 aliphatic carbocycles. The van der Waals surface area contributed by atoms with Gasteiger partial charge in [-0.05, 0) is 87.1 Å². The number of rotatable bonds is 10. The van der Waals surface area contributed by atoms with Crippen LogP contribution in [0.2, 0.25) is 0 Å². The van der Waals surface area contributed by atoms with Gasteiger partial charge in [-0.15, -0.1) is 0 Å². The second kappa shape index (κ2) is 16.1. The molecule has 43 heavy (non-hydrogen) atoms. The van der Waals surface area contributed by atoms with E-state index < -0.39 is 11.9 Å². The van der Waals surface area contributed by atoms with Crippen LogP contribution in [0.25, 0.3) is 0 Å². The van der Waals surface area contributed by atoms with E-state index in [0.29, 0.717) is 30.0 Å². The maximum atomic E-state index is 13.6. The smallest absolute Gasteiger partial charge is 0.414 e. The number of halogens is 1. The number of amides is 1. The Morgan fingerprint density at radius 1 is 0.907 bits per heavy atom. The van der Waals surface area contributed by atoms with Gasteiger partial charge in [0.05, 0.1) is 12.8 Å². The average molecular weight is 594 g/mol. The molecule has 0 unspecified atom stereocenters. The van der Waals surface area contributed by atoms with Crippen LogP contribution in [0.15, 0.2) is 72.8 Å². The molecule has 0 bridgehead atoms.